The number of anilines is 1. The zero-order valence-electron chi connectivity index (χ0n) is 15.8. The van der Waals surface area contributed by atoms with Gasteiger partial charge in [-0.15, -0.1) is 0 Å². The van der Waals surface area contributed by atoms with Crippen LogP contribution in [0.1, 0.15) is 41.3 Å². The van der Waals surface area contributed by atoms with Crippen LogP contribution in [-0.2, 0) is 4.79 Å². The molecule has 0 saturated carbocycles. The molecule has 0 aliphatic heterocycles. The van der Waals surface area contributed by atoms with E-state index in [4.69, 9.17) is 22.7 Å². The standard InChI is InChI=1S/C20H22BrN3O3S/c1-11(2)14-9-15(21)12(3)8-17(14)27-10-18(25)24-20(28)23-16-7-5-4-6-13(16)19(22)26/h4-9,11H,10H2,1-3H3,(H2,22,26)(H2,23,24,25,28). The minimum atomic E-state index is -0.590. The van der Waals surface area contributed by atoms with E-state index >= 15 is 0 Å². The Kier molecular flexibility index (Phi) is 7.53. The smallest absolute Gasteiger partial charge is 0.264 e. The zero-order chi connectivity index (χ0) is 20.8. The second kappa shape index (κ2) is 9.66. The fourth-order valence-electron chi connectivity index (χ4n) is 2.51. The van der Waals surface area contributed by atoms with E-state index in [0.29, 0.717) is 11.4 Å². The average Bonchev–Trinajstić information content (AvgIpc) is 2.62. The molecule has 0 bridgehead atoms. The van der Waals surface area contributed by atoms with Gasteiger partial charge < -0.3 is 15.8 Å². The van der Waals surface area contributed by atoms with Crippen molar-refractivity contribution < 1.29 is 14.3 Å². The number of nitrogens with two attached hydrogens (primary N) is 1. The third-order valence-electron chi connectivity index (χ3n) is 3.97. The molecule has 148 valence electrons. The fourth-order valence-corrected chi connectivity index (χ4v) is 3.10. The Labute approximate surface area is 178 Å². The predicted octanol–water partition coefficient (Wildman–Crippen LogP) is 3.87. The van der Waals surface area contributed by atoms with E-state index in [1.807, 2.05) is 19.1 Å². The van der Waals surface area contributed by atoms with Gasteiger partial charge in [-0.2, -0.15) is 0 Å². The van der Waals surface area contributed by atoms with Gasteiger partial charge in [-0.25, -0.2) is 0 Å². The monoisotopic (exact) mass is 463 g/mol. The van der Waals surface area contributed by atoms with Gasteiger partial charge in [-0.05, 0) is 60.5 Å². The van der Waals surface area contributed by atoms with Crippen LogP contribution in [0.15, 0.2) is 40.9 Å². The number of amides is 2. The Hall–Kier alpha value is -2.45. The van der Waals surface area contributed by atoms with Crippen molar-refractivity contribution in [2.45, 2.75) is 26.7 Å². The molecule has 0 fully saturated rings. The van der Waals surface area contributed by atoms with Crippen molar-refractivity contribution in [3.05, 3.63) is 57.6 Å². The highest BCUT2D eigenvalue weighted by atomic mass is 79.9. The lowest BCUT2D eigenvalue weighted by molar-refractivity contribution is -0.121. The zero-order valence-corrected chi connectivity index (χ0v) is 18.2. The number of aryl methyl sites for hydroxylation is 1. The number of para-hydroxylation sites is 1. The first-order valence-electron chi connectivity index (χ1n) is 8.61. The molecule has 0 unspecified atom stereocenters. The minimum absolute atomic E-state index is 0.0540. The van der Waals surface area contributed by atoms with Gasteiger partial charge in [-0.3, -0.25) is 14.9 Å². The van der Waals surface area contributed by atoms with Crippen molar-refractivity contribution in [3.8, 4) is 5.75 Å². The molecule has 4 N–H and O–H groups in total. The summed E-state index contributed by atoms with van der Waals surface area (Å²) in [4.78, 5) is 23.7. The molecule has 0 heterocycles. The van der Waals surface area contributed by atoms with Gasteiger partial charge in [0.2, 0.25) is 0 Å². The summed E-state index contributed by atoms with van der Waals surface area (Å²) in [6, 6.07) is 10.5. The molecule has 0 aliphatic carbocycles. The lowest BCUT2D eigenvalue weighted by Gasteiger charge is -2.16. The highest BCUT2D eigenvalue weighted by Gasteiger charge is 2.14. The lowest BCUT2D eigenvalue weighted by Crippen LogP contribution is -2.37. The topological polar surface area (TPSA) is 93.4 Å². The van der Waals surface area contributed by atoms with Crippen molar-refractivity contribution in [1.29, 1.82) is 0 Å². The second-order valence-corrected chi connectivity index (χ2v) is 7.76. The summed E-state index contributed by atoms with van der Waals surface area (Å²) >= 11 is 8.65. The number of hydrogen-bond acceptors (Lipinski definition) is 4. The maximum atomic E-state index is 12.2. The van der Waals surface area contributed by atoms with Gasteiger partial charge in [0.05, 0.1) is 11.3 Å². The summed E-state index contributed by atoms with van der Waals surface area (Å²) in [6.07, 6.45) is 0. The van der Waals surface area contributed by atoms with Crippen LogP contribution in [0.3, 0.4) is 0 Å². The fraction of sp³-hybridized carbons (Fsp3) is 0.250. The molecule has 0 aliphatic rings. The van der Waals surface area contributed by atoms with Crippen LogP contribution in [-0.4, -0.2) is 23.5 Å². The van der Waals surface area contributed by atoms with Crippen LogP contribution in [0.2, 0.25) is 0 Å². The van der Waals surface area contributed by atoms with E-state index in [9.17, 15) is 9.59 Å². The molecule has 0 radical (unpaired) electrons. The first-order chi connectivity index (χ1) is 13.2. The van der Waals surface area contributed by atoms with Gasteiger partial charge >= 0.3 is 0 Å². The molecule has 8 heteroatoms. The number of nitrogens with one attached hydrogen (secondary N) is 2. The van der Waals surface area contributed by atoms with Crippen LogP contribution < -0.4 is 21.1 Å². The molecule has 0 aromatic heterocycles. The Balaban J connectivity index is 1.99. The van der Waals surface area contributed by atoms with Crippen LogP contribution in [0.25, 0.3) is 0 Å². The summed E-state index contributed by atoms with van der Waals surface area (Å²) in [6.45, 7) is 5.87. The molecular formula is C20H22BrN3O3S. The lowest BCUT2D eigenvalue weighted by atomic mass is 10.0. The molecule has 2 amide bonds. The molecule has 2 rings (SSSR count). The summed E-state index contributed by atoms with van der Waals surface area (Å²) in [5.74, 6) is -0.108. The van der Waals surface area contributed by atoms with Gasteiger partial charge in [0, 0.05) is 4.47 Å². The van der Waals surface area contributed by atoms with Gasteiger partial charge in [0.1, 0.15) is 5.75 Å². The Morgan fingerprint density at radius 2 is 1.93 bits per heavy atom. The number of benzene rings is 2. The summed E-state index contributed by atoms with van der Waals surface area (Å²) in [5, 5.41) is 5.39. The van der Waals surface area contributed by atoms with Crippen LogP contribution in [0.4, 0.5) is 5.69 Å². The number of carbonyl (C=O) groups excluding carboxylic acids is 2. The molecule has 6 nitrogen and oxygen atoms in total. The Bertz CT molecular complexity index is 916. The molecule has 0 spiro atoms. The van der Waals surface area contributed by atoms with Crippen molar-refractivity contribution in [2.75, 3.05) is 11.9 Å². The van der Waals surface area contributed by atoms with Gasteiger partial charge in [0.15, 0.2) is 11.7 Å². The number of halogens is 1. The van der Waals surface area contributed by atoms with Crippen LogP contribution in [0.5, 0.6) is 5.75 Å². The van der Waals surface area contributed by atoms with E-state index in [-0.39, 0.29) is 23.2 Å². The normalized spacial score (nSPS) is 10.5. The predicted molar refractivity (Wildman–Crippen MR) is 118 cm³/mol. The van der Waals surface area contributed by atoms with Crippen LogP contribution in [0, 0.1) is 6.92 Å². The molecule has 0 atom stereocenters. The number of hydrogen-bond donors (Lipinski definition) is 3. The van der Waals surface area contributed by atoms with Crippen molar-refractivity contribution in [1.82, 2.24) is 5.32 Å². The number of rotatable bonds is 6. The van der Waals surface area contributed by atoms with E-state index < -0.39 is 11.8 Å². The Morgan fingerprint density at radius 1 is 1.25 bits per heavy atom. The first kappa shape index (κ1) is 21.8. The highest BCUT2D eigenvalue weighted by molar-refractivity contribution is 9.10. The summed E-state index contributed by atoms with van der Waals surface area (Å²) < 4.78 is 6.71. The maximum absolute atomic E-state index is 12.2. The number of ether oxygens (including phenoxy) is 1. The number of thiocarbonyl (C=S) groups is 1. The molecule has 0 saturated heterocycles. The third kappa shape index (κ3) is 5.77. The SMILES string of the molecule is Cc1cc(OCC(=O)NC(=S)Nc2ccccc2C(N)=O)c(C(C)C)cc1Br. The molecular weight excluding hydrogens is 442 g/mol. The summed E-state index contributed by atoms with van der Waals surface area (Å²) in [5.41, 5.74) is 8.05. The van der Waals surface area contributed by atoms with Gasteiger partial charge in [-0.1, -0.05) is 41.9 Å². The average molecular weight is 464 g/mol. The maximum Gasteiger partial charge on any atom is 0.264 e. The van der Waals surface area contributed by atoms with Crippen molar-refractivity contribution >= 4 is 50.8 Å². The van der Waals surface area contributed by atoms with E-state index in [1.54, 1.807) is 24.3 Å². The first-order valence-corrected chi connectivity index (χ1v) is 9.81. The minimum Gasteiger partial charge on any atom is -0.483 e. The van der Waals surface area contributed by atoms with E-state index in [2.05, 4.69) is 40.4 Å². The Morgan fingerprint density at radius 3 is 2.57 bits per heavy atom. The van der Waals surface area contributed by atoms with Crippen molar-refractivity contribution in [3.63, 3.8) is 0 Å². The highest BCUT2D eigenvalue weighted by Crippen LogP contribution is 2.32. The number of carbonyl (C=O) groups is 2. The molecule has 28 heavy (non-hydrogen) atoms. The third-order valence-corrected chi connectivity index (χ3v) is 5.02. The largest absolute Gasteiger partial charge is 0.483 e. The quantitative estimate of drug-likeness (QED) is 0.565. The van der Waals surface area contributed by atoms with Gasteiger partial charge in [0.25, 0.3) is 11.8 Å². The van der Waals surface area contributed by atoms with Crippen LogP contribution >= 0.6 is 28.1 Å². The summed E-state index contributed by atoms with van der Waals surface area (Å²) in [7, 11) is 0. The second-order valence-electron chi connectivity index (χ2n) is 6.49. The molecule has 2 aromatic carbocycles. The molecule has 2 aromatic rings. The van der Waals surface area contributed by atoms with E-state index in [1.165, 1.54) is 0 Å². The van der Waals surface area contributed by atoms with Crippen molar-refractivity contribution in [2.24, 2.45) is 5.73 Å². The number of primary amides is 1. The van der Waals surface area contributed by atoms with E-state index in [0.717, 1.165) is 15.6 Å².